The topological polar surface area (TPSA) is 68.2 Å². The average Bonchev–Trinajstić information content (AvgIpc) is 2.36. The van der Waals surface area contributed by atoms with E-state index in [0.717, 1.165) is 0 Å². The minimum absolute atomic E-state index is 0.963. The van der Waals surface area contributed by atoms with E-state index in [-0.39, 0.29) is 0 Å². The highest BCUT2D eigenvalue weighted by molar-refractivity contribution is 5.71. The lowest BCUT2D eigenvalue weighted by molar-refractivity contribution is -0.140. The molecule has 10 heavy (non-hydrogen) atoms. The predicted molar refractivity (Wildman–Crippen MR) is 35.3 cm³/mol. The molecular formula is C6H8N2O2. The monoisotopic (exact) mass is 140 g/mol. The number of hydrogen-bond acceptors (Lipinski definition) is 2. The van der Waals surface area contributed by atoms with Crippen LogP contribution in [0, 0.1) is 0 Å². The molecule has 3 N–H and O–H groups in total. The van der Waals surface area contributed by atoms with Gasteiger partial charge in [-0.2, -0.15) is 0 Å². The van der Waals surface area contributed by atoms with Crippen molar-refractivity contribution >= 4 is 5.97 Å². The van der Waals surface area contributed by atoms with Crippen LogP contribution < -0.4 is 5.73 Å². The molecule has 1 aromatic heterocycles. The van der Waals surface area contributed by atoms with Crippen LogP contribution in [0.2, 0.25) is 0 Å². The van der Waals surface area contributed by atoms with Gasteiger partial charge in [-0.3, -0.25) is 0 Å². The van der Waals surface area contributed by atoms with E-state index < -0.39 is 12.1 Å². The smallest absolute Gasteiger partial charge is 0.341 e. The molecule has 0 aliphatic heterocycles. The average molecular weight is 140 g/mol. The van der Waals surface area contributed by atoms with Crippen molar-refractivity contribution in [2.45, 2.75) is 6.17 Å². The van der Waals surface area contributed by atoms with Crippen LogP contribution in [0.25, 0.3) is 0 Å². The van der Waals surface area contributed by atoms with Crippen molar-refractivity contribution in [2.75, 3.05) is 0 Å². The van der Waals surface area contributed by atoms with Gasteiger partial charge in [0, 0.05) is 12.4 Å². The molecule has 0 bridgehead atoms. The maximum absolute atomic E-state index is 10.3. The van der Waals surface area contributed by atoms with E-state index in [2.05, 4.69) is 0 Å². The van der Waals surface area contributed by atoms with Crippen LogP contribution in [0.15, 0.2) is 24.5 Å². The number of carboxylic acids is 1. The lowest BCUT2D eigenvalue weighted by atomic mass is 10.5. The fourth-order valence-corrected chi connectivity index (χ4v) is 0.661. The molecule has 0 spiro atoms. The van der Waals surface area contributed by atoms with Gasteiger partial charge in [0.25, 0.3) is 0 Å². The van der Waals surface area contributed by atoms with Gasteiger partial charge in [0.1, 0.15) is 0 Å². The molecule has 1 aromatic rings. The Hall–Kier alpha value is -1.29. The van der Waals surface area contributed by atoms with Gasteiger partial charge < -0.3 is 15.4 Å². The Kier molecular flexibility index (Phi) is 1.73. The number of carboxylic acid groups (broad SMARTS) is 1. The Bertz CT molecular complexity index is 218. The molecule has 0 saturated heterocycles. The number of carbonyl (C=O) groups is 1. The van der Waals surface area contributed by atoms with Crippen LogP contribution in [-0.2, 0) is 4.79 Å². The van der Waals surface area contributed by atoms with Gasteiger partial charge in [-0.25, -0.2) is 4.79 Å². The lowest BCUT2D eigenvalue weighted by Crippen LogP contribution is -2.25. The molecule has 0 saturated carbocycles. The summed E-state index contributed by atoms with van der Waals surface area (Å²) in [7, 11) is 0. The highest BCUT2D eigenvalue weighted by atomic mass is 16.4. The Morgan fingerprint density at radius 2 is 2.00 bits per heavy atom. The largest absolute Gasteiger partial charge is 0.479 e. The van der Waals surface area contributed by atoms with Gasteiger partial charge in [0.05, 0.1) is 0 Å². The summed E-state index contributed by atoms with van der Waals surface area (Å²) in [6.07, 6.45) is 2.26. The fraction of sp³-hybridized carbons (Fsp3) is 0.167. The molecule has 0 aliphatic rings. The van der Waals surface area contributed by atoms with Gasteiger partial charge in [-0.15, -0.1) is 0 Å². The summed E-state index contributed by atoms with van der Waals surface area (Å²) >= 11 is 0. The zero-order valence-corrected chi connectivity index (χ0v) is 5.27. The molecule has 0 aromatic carbocycles. The third kappa shape index (κ3) is 1.16. The van der Waals surface area contributed by atoms with Gasteiger partial charge in [-0.05, 0) is 12.1 Å². The lowest BCUT2D eigenvalue weighted by Gasteiger charge is -2.06. The predicted octanol–water partition coefficient (Wildman–Crippen LogP) is 0.0300. The van der Waals surface area contributed by atoms with Gasteiger partial charge in [0.2, 0.25) is 0 Å². The minimum atomic E-state index is -1.03. The molecule has 1 heterocycles. The molecule has 0 aliphatic carbocycles. The van der Waals surface area contributed by atoms with E-state index >= 15 is 0 Å². The number of aliphatic carboxylic acids is 1. The fourth-order valence-electron chi connectivity index (χ4n) is 0.661. The third-order valence-corrected chi connectivity index (χ3v) is 1.20. The van der Waals surface area contributed by atoms with Gasteiger partial charge in [-0.1, -0.05) is 0 Å². The van der Waals surface area contributed by atoms with E-state index in [9.17, 15) is 4.79 Å². The molecule has 4 heteroatoms. The quantitative estimate of drug-likeness (QED) is 0.609. The summed E-state index contributed by atoms with van der Waals surface area (Å²) in [5, 5.41) is 8.41. The van der Waals surface area contributed by atoms with Crippen LogP contribution in [0.1, 0.15) is 6.17 Å². The highest BCUT2D eigenvalue weighted by Crippen LogP contribution is 1.98. The molecule has 1 unspecified atom stereocenters. The summed E-state index contributed by atoms with van der Waals surface area (Å²) in [5.74, 6) is -1.03. The molecule has 0 fully saturated rings. The second kappa shape index (κ2) is 2.53. The Labute approximate surface area is 57.9 Å². The first-order valence-electron chi connectivity index (χ1n) is 2.82. The summed E-state index contributed by atoms with van der Waals surface area (Å²) in [6.45, 7) is 0. The summed E-state index contributed by atoms with van der Waals surface area (Å²) in [4.78, 5) is 10.3. The summed E-state index contributed by atoms with van der Waals surface area (Å²) in [5.41, 5.74) is 5.25. The summed E-state index contributed by atoms with van der Waals surface area (Å²) in [6, 6.07) is 3.45. The van der Waals surface area contributed by atoms with Crippen molar-refractivity contribution < 1.29 is 9.90 Å². The van der Waals surface area contributed by atoms with Crippen molar-refractivity contribution in [1.29, 1.82) is 0 Å². The maximum atomic E-state index is 10.3. The second-order valence-corrected chi connectivity index (χ2v) is 1.91. The van der Waals surface area contributed by atoms with E-state index in [1.807, 2.05) is 0 Å². The van der Waals surface area contributed by atoms with Gasteiger partial charge >= 0.3 is 5.97 Å². The van der Waals surface area contributed by atoms with E-state index in [1.165, 1.54) is 4.57 Å². The van der Waals surface area contributed by atoms with Crippen LogP contribution >= 0.6 is 0 Å². The first kappa shape index (κ1) is 6.82. The maximum Gasteiger partial charge on any atom is 0.341 e. The second-order valence-electron chi connectivity index (χ2n) is 1.91. The van der Waals surface area contributed by atoms with Crippen molar-refractivity contribution in [2.24, 2.45) is 5.73 Å². The molecule has 1 rings (SSSR count). The van der Waals surface area contributed by atoms with E-state index in [0.29, 0.717) is 0 Å². The zero-order valence-electron chi connectivity index (χ0n) is 5.27. The Balaban J connectivity index is 2.77. The number of aromatic nitrogens is 1. The van der Waals surface area contributed by atoms with E-state index in [4.69, 9.17) is 10.8 Å². The first-order chi connectivity index (χ1) is 4.72. The number of nitrogens with two attached hydrogens (primary N) is 1. The Morgan fingerprint density at radius 3 is 2.40 bits per heavy atom. The van der Waals surface area contributed by atoms with Crippen LogP contribution in [0.3, 0.4) is 0 Å². The van der Waals surface area contributed by atoms with Crippen molar-refractivity contribution in [3.05, 3.63) is 24.5 Å². The van der Waals surface area contributed by atoms with Crippen molar-refractivity contribution in [1.82, 2.24) is 4.57 Å². The summed E-state index contributed by atoms with van der Waals surface area (Å²) < 4.78 is 1.42. The molecule has 54 valence electrons. The zero-order chi connectivity index (χ0) is 7.56. The van der Waals surface area contributed by atoms with E-state index in [1.54, 1.807) is 24.5 Å². The third-order valence-electron chi connectivity index (χ3n) is 1.20. The van der Waals surface area contributed by atoms with Crippen LogP contribution in [0.5, 0.6) is 0 Å². The van der Waals surface area contributed by atoms with Crippen LogP contribution in [-0.4, -0.2) is 15.6 Å². The van der Waals surface area contributed by atoms with Crippen LogP contribution in [0.4, 0.5) is 0 Å². The minimum Gasteiger partial charge on any atom is -0.479 e. The molecule has 1 atom stereocenters. The molecule has 4 nitrogen and oxygen atoms in total. The Morgan fingerprint density at radius 1 is 1.50 bits per heavy atom. The number of rotatable bonds is 2. The van der Waals surface area contributed by atoms with Crippen molar-refractivity contribution in [3.8, 4) is 0 Å². The molecular weight excluding hydrogens is 132 g/mol. The standard InChI is InChI=1S/C6H8N2O2/c7-5(6(9)10)8-3-1-2-4-8/h1-5H,7H2,(H,9,10). The van der Waals surface area contributed by atoms with Crippen molar-refractivity contribution in [3.63, 3.8) is 0 Å². The molecule has 0 radical (unpaired) electrons. The number of hydrogen-bond donors (Lipinski definition) is 2. The molecule has 0 amide bonds. The van der Waals surface area contributed by atoms with Gasteiger partial charge in [0.15, 0.2) is 6.17 Å². The highest BCUT2D eigenvalue weighted by Gasteiger charge is 2.10. The number of nitrogens with zero attached hydrogens (tertiary/aromatic N) is 1. The first-order valence-corrected chi connectivity index (χ1v) is 2.82. The SMILES string of the molecule is NC(C(=O)O)n1cccc1. The normalized spacial score (nSPS) is 12.9.